The second kappa shape index (κ2) is 5.44. The third kappa shape index (κ3) is 3.28. The Balaban J connectivity index is 2.87. The summed E-state index contributed by atoms with van der Waals surface area (Å²) in [6, 6.07) is 2.60. The van der Waals surface area contributed by atoms with Crippen molar-refractivity contribution in [3.63, 3.8) is 0 Å². The minimum Gasteiger partial charge on any atom is -0.394 e. The number of nitrogens with zero attached hydrogens (tertiary/aromatic N) is 2. The van der Waals surface area contributed by atoms with Crippen LogP contribution in [0.1, 0.15) is 13.8 Å². The third-order valence-electron chi connectivity index (χ3n) is 2.43. The summed E-state index contributed by atoms with van der Waals surface area (Å²) in [5, 5.41) is 22.7. The quantitative estimate of drug-likeness (QED) is 0.522. The number of hydrogen-bond acceptors (Lipinski definition) is 6. The Morgan fingerprint density at radius 3 is 2.65 bits per heavy atom. The van der Waals surface area contributed by atoms with Crippen molar-refractivity contribution in [3.05, 3.63) is 22.2 Å². The van der Waals surface area contributed by atoms with Crippen molar-refractivity contribution in [1.82, 2.24) is 4.98 Å². The van der Waals surface area contributed by atoms with E-state index in [1.165, 1.54) is 12.1 Å². The molecule has 7 nitrogen and oxygen atoms in total. The number of aliphatic hydroxyl groups is 1. The van der Waals surface area contributed by atoms with Crippen molar-refractivity contribution in [3.8, 4) is 0 Å². The van der Waals surface area contributed by atoms with Crippen LogP contribution >= 0.6 is 0 Å². The van der Waals surface area contributed by atoms with E-state index in [1.54, 1.807) is 0 Å². The lowest BCUT2D eigenvalue weighted by atomic mass is 10.1. The van der Waals surface area contributed by atoms with Crippen LogP contribution in [0.4, 0.5) is 17.3 Å². The maximum Gasteiger partial charge on any atom is 0.311 e. The van der Waals surface area contributed by atoms with Crippen LogP contribution in [0.3, 0.4) is 0 Å². The number of hydrogen-bond donors (Lipinski definition) is 3. The lowest BCUT2D eigenvalue weighted by molar-refractivity contribution is -0.384. The van der Waals surface area contributed by atoms with E-state index in [9.17, 15) is 10.1 Å². The van der Waals surface area contributed by atoms with E-state index in [2.05, 4.69) is 10.3 Å². The van der Waals surface area contributed by atoms with E-state index in [0.717, 1.165) is 0 Å². The van der Waals surface area contributed by atoms with Crippen molar-refractivity contribution in [2.24, 2.45) is 5.92 Å². The molecule has 0 amide bonds. The molecule has 0 saturated carbocycles. The molecule has 0 aliphatic heterocycles. The summed E-state index contributed by atoms with van der Waals surface area (Å²) in [5.74, 6) is 0.486. The molecule has 1 atom stereocenters. The van der Waals surface area contributed by atoms with Crippen molar-refractivity contribution in [2.45, 2.75) is 19.9 Å². The summed E-state index contributed by atoms with van der Waals surface area (Å²) < 4.78 is 0. The normalized spacial score (nSPS) is 12.5. The highest BCUT2D eigenvalue weighted by atomic mass is 16.6. The molecule has 0 unspecified atom stereocenters. The predicted octanol–water partition coefficient (Wildman–Crippen LogP) is 1.00. The zero-order valence-corrected chi connectivity index (χ0v) is 9.75. The van der Waals surface area contributed by atoms with Gasteiger partial charge in [-0.25, -0.2) is 4.98 Å². The molecule has 1 rings (SSSR count). The smallest absolute Gasteiger partial charge is 0.311 e. The molecule has 0 aliphatic rings. The number of rotatable bonds is 5. The van der Waals surface area contributed by atoms with Gasteiger partial charge in [-0.1, -0.05) is 13.8 Å². The molecule has 94 valence electrons. The molecule has 0 aromatic carbocycles. The molecule has 0 saturated heterocycles. The van der Waals surface area contributed by atoms with Crippen LogP contribution in [0.5, 0.6) is 0 Å². The number of aliphatic hydroxyl groups excluding tert-OH is 1. The molecule has 1 heterocycles. The zero-order valence-electron chi connectivity index (χ0n) is 9.75. The number of nitro groups is 1. The van der Waals surface area contributed by atoms with Crippen LogP contribution in [0.2, 0.25) is 0 Å². The summed E-state index contributed by atoms with van der Waals surface area (Å²) in [6.07, 6.45) is 0. The van der Waals surface area contributed by atoms with Gasteiger partial charge in [0.2, 0.25) is 5.82 Å². The Morgan fingerprint density at radius 1 is 1.59 bits per heavy atom. The van der Waals surface area contributed by atoms with Crippen molar-refractivity contribution >= 4 is 17.3 Å². The van der Waals surface area contributed by atoms with Crippen LogP contribution in [0.25, 0.3) is 0 Å². The molecule has 0 spiro atoms. The first kappa shape index (κ1) is 13.2. The Kier molecular flexibility index (Phi) is 4.22. The first-order valence-electron chi connectivity index (χ1n) is 5.24. The number of nitrogens with two attached hydrogens (primary N) is 1. The summed E-state index contributed by atoms with van der Waals surface area (Å²) >= 11 is 0. The van der Waals surface area contributed by atoms with Gasteiger partial charge in [0.25, 0.3) is 0 Å². The van der Waals surface area contributed by atoms with E-state index >= 15 is 0 Å². The van der Waals surface area contributed by atoms with E-state index in [-0.39, 0.29) is 30.1 Å². The molecule has 1 aromatic heterocycles. The maximum absolute atomic E-state index is 10.5. The van der Waals surface area contributed by atoms with Crippen LogP contribution in [0.15, 0.2) is 12.1 Å². The number of anilines is 2. The van der Waals surface area contributed by atoms with Crippen LogP contribution in [0, 0.1) is 16.0 Å². The van der Waals surface area contributed by atoms with Crippen LogP contribution in [-0.4, -0.2) is 27.7 Å². The molecule has 17 heavy (non-hydrogen) atoms. The maximum atomic E-state index is 10.5. The number of pyridine rings is 1. The van der Waals surface area contributed by atoms with Gasteiger partial charge in [-0.05, 0) is 12.0 Å². The van der Waals surface area contributed by atoms with Crippen LogP contribution in [-0.2, 0) is 0 Å². The first-order chi connectivity index (χ1) is 7.95. The Morgan fingerprint density at radius 2 is 2.24 bits per heavy atom. The molecule has 0 fully saturated rings. The average molecular weight is 240 g/mol. The van der Waals surface area contributed by atoms with Gasteiger partial charge in [0.1, 0.15) is 5.82 Å². The summed E-state index contributed by atoms with van der Waals surface area (Å²) in [4.78, 5) is 13.8. The van der Waals surface area contributed by atoms with Gasteiger partial charge < -0.3 is 16.2 Å². The van der Waals surface area contributed by atoms with Crippen LogP contribution < -0.4 is 11.1 Å². The lowest BCUT2D eigenvalue weighted by Gasteiger charge is -2.20. The highest BCUT2D eigenvalue weighted by Gasteiger charge is 2.16. The van der Waals surface area contributed by atoms with Gasteiger partial charge >= 0.3 is 5.69 Å². The zero-order chi connectivity index (χ0) is 13.0. The molecule has 7 heteroatoms. The lowest BCUT2D eigenvalue weighted by Crippen LogP contribution is -2.29. The van der Waals surface area contributed by atoms with E-state index in [0.29, 0.717) is 5.82 Å². The highest BCUT2D eigenvalue weighted by Crippen LogP contribution is 2.21. The van der Waals surface area contributed by atoms with Gasteiger partial charge in [-0.2, -0.15) is 0 Å². The molecule has 1 aromatic rings. The number of nitrogen functional groups attached to an aromatic ring is 1. The number of nitrogens with one attached hydrogen (secondary N) is 1. The molecule has 0 aliphatic carbocycles. The highest BCUT2D eigenvalue weighted by molar-refractivity contribution is 5.57. The SMILES string of the molecule is CC(C)[C@@H](CO)Nc1ccc([N+](=O)[O-])c(N)n1. The fraction of sp³-hybridized carbons (Fsp3) is 0.500. The minimum atomic E-state index is -0.585. The topological polar surface area (TPSA) is 114 Å². The fourth-order valence-electron chi connectivity index (χ4n) is 1.32. The second-order valence-corrected chi connectivity index (χ2v) is 4.04. The molecular formula is C10H16N4O3. The van der Waals surface area contributed by atoms with Crippen molar-refractivity contribution in [1.29, 1.82) is 0 Å². The molecule has 0 radical (unpaired) electrons. The minimum absolute atomic E-state index is 0.0454. The summed E-state index contributed by atoms with van der Waals surface area (Å²) in [5.41, 5.74) is 5.24. The van der Waals surface area contributed by atoms with Crippen molar-refractivity contribution in [2.75, 3.05) is 17.7 Å². The molecular weight excluding hydrogens is 224 g/mol. The van der Waals surface area contributed by atoms with E-state index in [1.807, 2.05) is 13.8 Å². The third-order valence-corrected chi connectivity index (χ3v) is 2.43. The van der Waals surface area contributed by atoms with Gasteiger partial charge in [0.05, 0.1) is 17.6 Å². The summed E-state index contributed by atoms with van der Waals surface area (Å²) in [7, 11) is 0. The Bertz CT molecular complexity index is 409. The summed E-state index contributed by atoms with van der Waals surface area (Å²) in [6.45, 7) is 3.85. The molecule has 0 bridgehead atoms. The van der Waals surface area contributed by atoms with Gasteiger partial charge in [0.15, 0.2) is 0 Å². The van der Waals surface area contributed by atoms with E-state index in [4.69, 9.17) is 10.8 Å². The monoisotopic (exact) mass is 240 g/mol. The Hall–Kier alpha value is -1.89. The van der Waals surface area contributed by atoms with Gasteiger partial charge in [-0.15, -0.1) is 0 Å². The average Bonchev–Trinajstić information content (AvgIpc) is 2.24. The standard InChI is InChI=1S/C10H16N4O3/c1-6(2)7(5-15)12-9-4-3-8(14(16)17)10(11)13-9/h3-4,6-7,15H,5H2,1-2H3,(H3,11,12,13)/t7-/m1/s1. The van der Waals surface area contributed by atoms with Gasteiger partial charge in [0, 0.05) is 6.07 Å². The first-order valence-corrected chi connectivity index (χ1v) is 5.24. The largest absolute Gasteiger partial charge is 0.394 e. The predicted molar refractivity (Wildman–Crippen MR) is 64.6 cm³/mol. The fourth-order valence-corrected chi connectivity index (χ4v) is 1.32. The number of aromatic nitrogens is 1. The Labute approximate surface area is 98.8 Å². The van der Waals surface area contributed by atoms with Crippen molar-refractivity contribution < 1.29 is 10.0 Å². The molecule has 4 N–H and O–H groups in total. The van der Waals surface area contributed by atoms with Gasteiger partial charge in [-0.3, -0.25) is 10.1 Å². The second-order valence-electron chi connectivity index (χ2n) is 4.04. The van der Waals surface area contributed by atoms with E-state index < -0.39 is 4.92 Å².